The summed E-state index contributed by atoms with van der Waals surface area (Å²) in [7, 11) is 0. The normalized spacial score (nSPS) is 13.7. The molecule has 0 spiro atoms. The van der Waals surface area contributed by atoms with E-state index < -0.39 is 23.6 Å². The highest BCUT2D eigenvalue weighted by Gasteiger charge is 2.28. The number of alkyl halides is 3. The summed E-state index contributed by atoms with van der Waals surface area (Å²) in [6.07, 6.45) is -2.55. The summed E-state index contributed by atoms with van der Waals surface area (Å²) in [4.78, 5) is 23.0. The van der Waals surface area contributed by atoms with Crippen LogP contribution in [-0.4, -0.2) is 29.7 Å². The van der Waals surface area contributed by atoms with E-state index in [1.807, 2.05) is 0 Å². The van der Waals surface area contributed by atoms with Crippen LogP contribution >= 0.6 is 0 Å². The molecular formula is C18H16F3N3O4. The first-order chi connectivity index (χ1) is 13.2. The van der Waals surface area contributed by atoms with Crippen LogP contribution in [0.3, 0.4) is 0 Å². The zero-order chi connectivity index (χ0) is 20.3. The second-order valence-electron chi connectivity index (χ2n) is 6.29. The molecule has 148 valence electrons. The van der Waals surface area contributed by atoms with Crippen molar-refractivity contribution in [2.75, 3.05) is 17.2 Å². The van der Waals surface area contributed by atoms with Crippen molar-refractivity contribution in [1.82, 2.24) is 0 Å². The number of ether oxygens (including phenoxy) is 1. The maximum atomic E-state index is 12.3. The highest BCUT2D eigenvalue weighted by Crippen LogP contribution is 2.31. The van der Waals surface area contributed by atoms with Crippen LogP contribution in [0.1, 0.15) is 23.2 Å². The Balaban J connectivity index is 1.67. The van der Waals surface area contributed by atoms with E-state index in [0.29, 0.717) is 11.4 Å². The van der Waals surface area contributed by atoms with Crippen LogP contribution in [0.4, 0.5) is 30.2 Å². The van der Waals surface area contributed by atoms with E-state index in [4.69, 9.17) is 0 Å². The Hall–Kier alpha value is -3.30. The number of nitrogens with one attached hydrogen (secondary N) is 2. The number of hydrogen-bond donors (Lipinski definition) is 2. The average Bonchev–Trinajstić information content (AvgIpc) is 3.44. The van der Waals surface area contributed by atoms with E-state index in [9.17, 15) is 28.1 Å². The number of hydrogen-bond acceptors (Lipinski definition) is 5. The molecule has 1 fully saturated rings. The molecule has 10 heteroatoms. The van der Waals surface area contributed by atoms with E-state index in [2.05, 4.69) is 15.4 Å². The van der Waals surface area contributed by atoms with Crippen LogP contribution in [-0.2, 0) is 0 Å². The first kappa shape index (κ1) is 19.5. The van der Waals surface area contributed by atoms with Gasteiger partial charge in [-0.05, 0) is 49.2 Å². The minimum atomic E-state index is -4.44. The van der Waals surface area contributed by atoms with Gasteiger partial charge in [-0.3, -0.25) is 14.9 Å². The molecule has 0 heterocycles. The fourth-order valence-electron chi connectivity index (χ4n) is 2.40. The number of carbonyl (C=O) groups excluding carboxylic acids is 1. The fraction of sp³-hybridized carbons (Fsp3) is 0.278. The molecule has 0 unspecified atom stereocenters. The van der Waals surface area contributed by atoms with E-state index in [0.717, 1.165) is 12.8 Å². The SMILES string of the molecule is O=C(Nc1ccc(OCC(F)(F)F)cc1)c1ccc(NC2CC2)c([N+](=O)[O-])c1. The van der Waals surface area contributed by atoms with Gasteiger partial charge in [0.2, 0.25) is 0 Å². The molecule has 1 amide bonds. The molecule has 1 aliphatic rings. The molecule has 2 aromatic carbocycles. The van der Waals surface area contributed by atoms with Gasteiger partial charge in [-0.25, -0.2) is 0 Å². The molecule has 0 aliphatic heterocycles. The van der Waals surface area contributed by atoms with Gasteiger partial charge in [0.05, 0.1) is 4.92 Å². The van der Waals surface area contributed by atoms with Crippen molar-refractivity contribution in [2.45, 2.75) is 25.1 Å². The standard InChI is InChI=1S/C18H16F3N3O4/c19-18(20,21)10-28-14-6-4-13(5-7-14)23-17(25)11-1-8-15(22-12-2-3-12)16(9-11)24(26)27/h1,4-9,12,22H,2-3,10H2,(H,23,25). The minimum absolute atomic E-state index is 0.00136. The molecule has 7 nitrogen and oxygen atoms in total. The van der Waals surface area contributed by atoms with Crippen molar-refractivity contribution in [3.63, 3.8) is 0 Å². The summed E-state index contributed by atoms with van der Waals surface area (Å²) in [5.74, 6) is -0.577. The van der Waals surface area contributed by atoms with Crippen LogP contribution in [0.2, 0.25) is 0 Å². The maximum absolute atomic E-state index is 12.3. The third-order valence-corrected chi connectivity index (χ3v) is 3.91. The van der Waals surface area contributed by atoms with Gasteiger partial charge in [-0.1, -0.05) is 0 Å². The molecule has 0 atom stereocenters. The van der Waals surface area contributed by atoms with Gasteiger partial charge in [0, 0.05) is 23.4 Å². The highest BCUT2D eigenvalue weighted by molar-refractivity contribution is 6.05. The molecule has 0 bridgehead atoms. The summed E-state index contributed by atoms with van der Waals surface area (Å²) >= 11 is 0. The molecule has 3 rings (SSSR count). The van der Waals surface area contributed by atoms with Gasteiger partial charge in [-0.2, -0.15) is 13.2 Å². The van der Waals surface area contributed by atoms with Crippen molar-refractivity contribution >= 4 is 23.0 Å². The van der Waals surface area contributed by atoms with E-state index in [-0.39, 0.29) is 23.0 Å². The third kappa shape index (κ3) is 5.35. The van der Waals surface area contributed by atoms with Crippen molar-refractivity contribution in [2.24, 2.45) is 0 Å². The predicted octanol–water partition coefficient (Wildman–Crippen LogP) is 4.36. The summed E-state index contributed by atoms with van der Waals surface area (Å²) < 4.78 is 41.0. The van der Waals surface area contributed by atoms with Crippen LogP contribution < -0.4 is 15.4 Å². The van der Waals surface area contributed by atoms with Gasteiger partial charge >= 0.3 is 6.18 Å². The maximum Gasteiger partial charge on any atom is 0.422 e. The lowest BCUT2D eigenvalue weighted by Gasteiger charge is -2.11. The number of nitrogens with zero attached hydrogens (tertiary/aromatic N) is 1. The lowest BCUT2D eigenvalue weighted by molar-refractivity contribution is -0.384. The van der Waals surface area contributed by atoms with Crippen LogP contribution in [0.5, 0.6) is 5.75 Å². The lowest BCUT2D eigenvalue weighted by atomic mass is 10.1. The Kier molecular flexibility index (Phi) is 5.39. The van der Waals surface area contributed by atoms with Gasteiger partial charge in [0.25, 0.3) is 11.6 Å². The molecule has 2 N–H and O–H groups in total. The molecule has 2 aromatic rings. The highest BCUT2D eigenvalue weighted by atomic mass is 19.4. The number of halogens is 3. The summed E-state index contributed by atoms with van der Waals surface area (Å²) in [5, 5.41) is 16.8. The molecule has 0 saturated heterocycles. The summed E-state index contributed by atoms with van der Waals surface area (Å²) in [5.41, 5.74) is 0.559. The van der Waals surface area contributed by atoms with E-state index in [1.165, 1.54) is 42.5 Å². The first-order valence-electron chi connectivity index (χ1n) is 8.37. The Morgan fingerprint density at radius 2 is 1.86 bits per heavy atom. The van der Waals surface area contributed by atoms with Gasteiger partial charge in [0.15, 0.2) is 6.61 Å². The van der Waals surface area contributed by atoms with Crippen molar-refractivity contribution in [3.05, 3.63) is 58.1 Å². The van der Waals surface area contributed by atoms with Crippen LogP contribution in [0, 0.1) is 10.1 Å². The van der Waals surface area contributed by atoms with Crippen LogP contribution in [0.25, 0.3) is 0 Å². The topological polar surface area (TPSA) is 93.5 Å². The quantitative estimate of drug-likeness (QED) is 0.537. The average molecular weight is 395 g/mol. The second kappa shape index (κ2) is 7.75. The fourth-order valence-corrected chi connectivity index (χ4v) is 2.40. The molecule has 1 saturated carbocycles. The minimum Gasteiger partial charge on any atom is -0.484 e. The largest absolute Gasteiger partial charge is 0.484 e. The predicted molar refractivity (Wildman–Crippen MR) is 95.7 cm³/mol. The number of benzene rings is 2. The molecule has 0 aromatic heterocycles. The molecular weight excluding hydrogens is 379 g/mol. The van der Waals surface area contributed by atoms with Crippen molar-refractivity contribution in [1.29, 1.82) is 0 Å². The molecule has 0 radical (unpaired) electrons. The zero-order valence-electron chi connectivity index (χ0n) is 14.5. The number of rotatable bonds is 7. The van der Waals surface area contributed by atoms with Gasteiger partial charge in [0.1, 0.15) is 11.4 Å². The van der Waals surface area contributed by atoms with E-state index >= 15 is 0 Å². The summed E-state index contributed by atoms with van der Waals surface area (Å²) in [6, 6.07) is 9.67. The molecule has 1 aliphatic carbocycles. The number of nitro benzene ring substituents is 1. The zero-order valence-corrected chi connectivity index (χ0v) is 14.5. The Bertz CT molecular complexity index is 881. The smallest absolute Gasteiger partial charge is 0.422 e. The number of anilines is 2. The van der Waals surface area contributed by atoms with Crippen LogP contribution in [0.15, 0.2) is 42.5 Å². The van der Waals surface area contributed by atoms with Gasteiger partial charge < -0.3 is 15.4 Å². The second-order valence-corrected chi connectivity index (χ2v) is 6.29. The number of amides is 1. The first-order valence-corrected chi connectivity index (χ1v) is 8.37. The number of nitro groups is 1. The Morgan fingerprint density at radius 1 is 1.18 bits per heavy atom. The summed E-state index contributed by atoms with van der Waals surface area (Å²) in [6.45, 7) is -1.41. The van der Waals surface area contributed by atoms with Gasteiger partial charge in [-0.15, -0.1) is 0 Å². The number of carbonyl (C=O) groups is 1. The van der Waals surface area contributed by atoms with Crippen molar-refractivity contribution in [3.8, 4) is 5.75 Å². The Labute approximate surface area is 157 Å². The van der Waals surface area contributed by atoms with Crippen molar-refractivity contribution < 1.29 is 27.6 Å². The Morgan fingerprint density at radius 3 is 2.43 bits per heavy atom. The molecule has 28 heavy (non-hydrogen) atoms. The monoisotopic (exact) mass is 395 g/mol. The van der Waals surface area contributed by atoms with E-state index in [1.54, 1.807) is 0 Å². The third-order valence-electron chi connectivity index (χ3n) is 3.91. The lowest BCUT2D eigenvalue weighted by Crippen LogP contribution is -2.19.